The van der Waals surface area contributed by atoms with Gasteiger partial charge in [0.15, 0.2) is 0 Å². The first-order chi connectivity index (χ1) is 12.5. The van der Waals surface area contributed by atoms with Crippen LogP contribution in [0.3, 0.4) is 0 Å². The average molecular weight is 376 g/mol. The molecule has 9 heteroatoms. The normalized spacial score (nSPS) is 17.9. The van der Waals surface area contributed by atoms with Crippen LogP contribution in [0, 0.1) is 5.92 Å². The number of sulfonamides is 1. The molecule has 0 saturated carbocycles. The van der Waals surface area contributed by atoms with Crippen molar-refractivity contribution in [2.45, 2.75) is 24.2 Å². The van der Waals surface area contributed by atoms with Gasteiger partial charge in [0.1, 0.15) is 0 Å². The molecule has 1 aliphatic heterocycles. The highest BCUT2D eigenvalue weighted by Crippen LogP contribution is 2.20. The number of amides is 1. The van der Waals surface area contributed by atoms with Gasteiger partial charge in [-0.2, -0.15) is 0 Å². The van der Waals surface area contributed by atoms with Crippen LogP contribution in [0.1, 0.15) is 19.3 Å². The van der Waals surface area contributed by atoms with Crippen molar-refractivity contribution in [1.82, 2.24) is 9.97 Å². The third-order valence-electron chi connectivity index (χ3n) is 4.05. The monoisotopic (exact) mass is 376 g/mol. The van der Waals surface area contributed by atoms with Gasteiger partial charge in [0.05, 0.1) is 4.90 Å². The molecule has 0 aliphatic carbocycles. The first kappa shape index (κ1) is 18.3. The van der Waals surface area contributed by atoms with Gasteiger partial charge in [0.25, 0.3) is 10.0 Å². The Hall–Kier alpha value is -2.52. The number of hydrogen-bond acceptors (Lipinski definition) is 6. The molecular formula is C17H20N4O4S. The van der Waals surface area contributed by atoms with Gasteiger partial charge in [-0.3, -0.25) is 4.79 Å². The third-order valence-corrected chi connectivity index (χ3v) is 5.39. The van der Waals surface area contributed by atoms with Crippen molar-refractivity contribution in [3.05, 3.63) is 42.7 Å². The van der Waals surface area contributed by atoms with Gasteiger partial charge in [-0.25, -0.2) is 23.1 Å². The molecule has 3 rings (SSSR count). The Morgan fingerprint density at radius 3 is 2.54 bits per heavy atom. The highest BCUT2D eigenvalue weighted by Gasteiger charge is 2.21. The van der Waals surface area contributed by atoms with Crippen LogP contribution in [0.2, 0.25) is 0 Å². The van der Waals surface area contributed by atoms with Crippen molar-refractivity contribution in [2.24, 2.45) is 5.92 Å². The third kappa shape index (κ3) is 4.77. The lowest BCUT2D eigenvalue weighted by Gasteiger charge is -2.14. The number of rotatable bonds is 5. The van der Waals surface area contributed by atoms with E-state index >= 15 is 0 Å². The van der Waals surface area contributed by atoms with Crippen LogP contribution in [-0.4, -0.2) is 37.5 Å². The Labute approximate surface area is 152 Å². The maximum atomic E-state index is 12.3. The molecule has 1 unspecified atom stereocenters. The Kier molecular flexibility index (Phi) is 5.79. The fraction of sp³-hybridized carbons (Fsp3) is 0.353. The van der Waals surface area contributed by atoms with E-state index in [1.807, 2.05) is 0 Å². The van der Waals surface area contributed by atoms with Crippen molar-refractivity contribution in [3.63, 3.8) is 0 Å². The maximum Gasteiger partial charge on any atom is 0.264 e. The summed E-state index contributed by atoms with van der Waals surface area (Å²) in [6.07, 6.45) is 5.24. The molecule has 1 aromatic carbocycles. The topological polar surface area (TPSA) is 110 Å². The van der Waals surface area contributed by atoms with Crippen molar-refractivity contribution < 1.29 is 17.9 Å². The van der Waals surface area contributed by atoms with E-state index in [1.54, 1.807) is 18.2 Å². The predicted molar refractivity (Wildman–Crippen MR) is 96.1 cm³/mol. The fourth-order valence-corrected chi connectivity index (χ4v) is 3.62. The molecule has 1 aromatic heterocycles. The zero-order valence-electron chi connectivity index (χ0n) is 14.1. The second-order valence-corrected chi connectivity index (χ2v) is 7.61. The molecule has 2 aromatic rings. The molecule has 1 aliphatic rings. The van der Waals surface area contributed by atoms with Crippen LogP contribution < -0.4 is 10.0 Å². The quantitative estimate of drug-likeness (QED) is 0.826. The minimum Gasteiger partial charge on any atom is -0.381 e. The van der Waals surface area contributed by atoms with Crippen molar-refractivity contribution in [3.8, 4) is 0 Å². The number of nitrogens with zero attached hydrogens (tertiary/aromatic N) is 2. The summed E-state index contributed by atoms with van der Waals surface area (Å²) in [4.78, 5) is 20.1. The molecule has 26 heavy (non-hydrogen) atoms. The van der Waals surface area contributed by atoms with E-state index in [0.29, 0.717) is 25.3 Å². The average Bonchev–Trinajstić information content (AvgIpc) is 2.92. The Bertz CT molecular complexity index is 833. The van der Waals surface area contributed by atoms with E-state index < -0.39 is 10.0 Å². The lowest BCUT2D eigenvalue weighted by molar-refractivity contribution is -0.120. The molecule has 138 valence electrons. The molecule has 0 spiro atoms. The molecule has 0 radical (unpaired) electrons. The van der Waals surface area contributed by atoms with E-state index in [0.717, 1.165) is 12.8 Å². The summed E-state index contributed by atoms with van der Waals surface area (Å²) in [5.41, 5.74) is 0.551. The van der Waals surface area contributed by atoms with Crippen LogP contribution >= 0.6 is 0 Å². The molecule has 2 heterocycles. The van der Waals surface area contributed by atoms with Crippen LogP contribution in [0.4, 0.5) is 11.6 Å². The Morgan fingerprint density at radius 1 is 1.08 bits per heavy atom. The van der Waals surface area contributed by atoms with Crippen molar-refractivity contribution >= 4 is 27.6 Å². The van der Waals surface area contributed by atoms with E-state index in [2.05, 4.69) is 20.0 Å². The molecular weight excluding hydrogens is 356 g/mol. The highest BCUT2D eigenvalue weighted by molar-refractivity contribution is 7.92. The first-order valence-corrected chi connectivity index (χ1v) is 9.81. The number of anilines is 2. The predicted octanol–water partition coefficient (Wildman–Crippen LogP) is 2.03. The smallest absolute Gasteiger partial charge is 0.264 e. The van der Waals surface area contributed by atoms with Crippen molar-refractivity contribution in [2.75, 3.05) is 23.3 Å². The van der Waals surface area contributed by atoms with Gasteiger partial charge >= 0.3 is 0 Å². The summed E-state index contributed by atoms with van der Waals surface area (Å²) in [5, 5.41) is 2.83. The number of benzene rings is 1. The fourth-order valence-electron chi connectivity index (χ4n) is 2.66. The summed E-state index contributed by atoms with van der Waals surface area (Å²) < 4.78 is 32.3. The molecule has 8 nitrogen and oxygen atoms in total. The van der Waals surface area contributed by atoms with Gasteiger partial charge < -0.3 is 10.1 Å². The second-order valence-electron chi connectivity index (χ2n) is 5.93. The summed E-state index contributed by atoms with van der Waals surface area (Å²) in [5.74, 6) is -0.153. The van der Waals surface area contributed by atoms with Crippen LogP contribution in [0.15, 0.2) is 47.6 Å². The Balaban J connectivity index is 1.65. The first-order valence-electron chi connectivity index (χ1n) is 8.33. The molecule has 0 bridgehead atoms. The number of hydrogen-bond donors (Lipinski definition) is 2. The van der Waals surface area contributed by atoms with E-state index in [4.69, 9.17) is 4.74 Å². The van der Waals surface area contributed by atoms with Gasteiger partial charge in [0.2, 0.25) is 11.9 Å². The summed E-state index contributed by atoms with van der Waals surface area (Å²) in [7, 11) is -3.79. The van der Waals surface area contributed by atoms with E-state index in [9.17, 15) is 13.2 Å². The van der Waals surface area contributed by atoms with E-state index in [1.165, 1.54) is 24.5 Å². The van der Waals surface area contributed by atoms with Crippen LogP contribution in [0.25, 0.3) is 0 Å². The molecule has 1 saturated heterocycles. The number of ether oxygens (including phenoxy) is 1. The van der Waals surface area contributed by atoms with Crippen LogP contribution in [0.5, 0.6) is 0 Å². The molecule has 1 fully saturated rings. The van der Waals surface area contributed by atoms with E-state index in [-0.39, 0.29) is 22.7 Å². The molecule has 2 N–H and O–H groups in total. The number of nitrogens with one attached hydrogen (secondary N) is 2. The zero-order valence-corrected chi connectivity index (χ0v) is 14.9. The standard InChI is InChI=1S/C17H20N4O4S/c22-16(13-3-1-11-25-12-8-13)20-14-4-6-15(7-5-14)26(23,24)21-17-18-9-2-10-19-17/h2,4-7,9-10,13H,1,3,8,11-12H2,(H,20,22)(H,18,19,21). The highest BCUT2D eigenvalue weighted by atomic mass is 32.2. The zero-order chi connectivity index (χ0) is 18.4. The summed E-state index contributed by atoms with van der Waals surface area (Å²) >= 11 is 0. The van der Waals surface area contributed by atoms with Gasteiger partial charge in [-0.1, -0.05) is 0 Å². The van der Waals surface area contributed by atoms with Gasteiger partial charge in [-0.05, 0) is 49.6 Å². The molecule has 1 amide bonds. The summed E-state index contributed by atoms with van der Waals surface area (Å²) in [6.45, 7) is 1.27. The number of aromatic nitrogens is 2. The number of carbonyl (C=O) groups is 1. The lowest BCUT2D eigenvalue weighted by atomic mass is 10.00. The van der Waals surface area contributed by atoms with Crippen LogP contribution in [-0.2, 0) is 19.6 Å². The number of carbonyl (C=O) groups excluding carboxylic acids is 1. The van der Waals surface area contributed by atoms with Gasteiger partial charge in [0, 0.05) is 37.2 Å². The SMILES string of the molecule is O=C(Nc1ccc(S(=O)(=O)Nc2ncccn2)cc1)C1CCCOCC1. The Morgan fingerprint density at radius 2 is 1.81 bits per heavy atom. The second kappa shape index (κ2) is 8.24. The minimum atomic E-state index is -3.79. The van der Waals surface area contributed by atoms with Crippen molar-refractivity contribution in [1.29, 1.82) is 0 Å². The molecule has 1 atom stereocenters. The largest absolute Gasteiger partial charge is 0.381 e. The lowest BCUT2D eigenvalue weighted by Crippen LogP contribution is -2.23. The summed E-state index contributed by atoms with van der Waals surface area (Å²) in [6, 6.07) is 7.57. The van der Waals surface area contributed by atoms with Gasteiger partial charge in [-0.15, -0.1) is 0 Å². The minimum absolute atomic E-state index is 0.000428. The maximum absolute atomic E-state index is 12.3.